The molecule has 1 rings (SSSR count). The van der Waals surface area contributed by atoms with Crippen molar-refractivity contribution in [1.82, 2.24) is 15.5 Å². The maximum absolute atomic E-state index is 13.8. The Bertz CT molecular complexity index is 880. The number of esters is 1. The van der Waals surface area contributed by atoms with Crippen molar-refractivity contribution in [1.29, 1.82) is 0 Å². The average Bonchev–Trinajstić information content (AvgIpc) is 2.77. The predicted octanol–water partition coefficient (Wildman–Crippen LogP) is 2.90. The number of alkyl carbamates (subject to hydrolysis) is 1. The van der Waals surface area contributed by atoms with Crippen molar-refractivity contribution in [2.75, 3.05) is 20.2 Å². The number of rotatable bonds is 11. The maximum Gasteiger partial charge on any atom is 0.408 e. The molecule has 35 heavy (non-hydrogen) atoms. The highest BCUT2D eigenvalue weighted by Gasteiger charge is 2.38. The van der Waals surface area contributed by atoms with Crippen LogP contribution in [0.2, 0.25) is 0 Å². The van der Waals surface area contributed by atoms with E-state index in [2.05, 4.69) is 15.4 Å². The number of benzene rings is 1. The fraction of sp³-hybridized carbons (Fsp3) is 0.600. The highest BCUT2D eigenvalue weighted by Crippen LogP contribution is 2.30. The monoisotopic (exact) mass is 493 g/mol. The minimum Gasteiger partial charge on any atom is -0.508 e. The lowest BCUT2D eigenvalue weighted by Gasteiger charge is -2.35. The van der Waals surface area contributed by atoms with E-state index in [1.165, 1.54) is 24.1 Å². The summed E-state index contributed by atoms with van der Waals surface area (Å²) in [7, 11) is 1.20. The molecule has 0 spiro atoms. The van der Waals surface area contributed by atoms with Gasteiger partial charge in [0, 0.05) is 12.1 Å². The second kappa shape index (κ2) is 13.6. The van der Waals surface area contributed by atoms with E-state index in [0.29, 0.717) is 6.42 Å². The molecule has 0 radical (unpaired) electrons. The topological polar surface area (TPSA) is 134 Å². The molecule has 196 valence electrons. The van der Waals surface area contributed by atoms with Crippen molar-refractivity contribution >= 4 is 23.9 Å². The molecule has 0 fully saturated rings. The van der Waals surface area contributed by atoms with Gasteiger partial charge in [0.15, 0.2) is 0 Å². The molecule has 3 N–H and O–H groups in total. The average molecular weight is 494 g/mol. The number of amides is 3. The van der Waals surface area contributed by atoms with E-state index in [1.807, 2.05) is 6.92 Å². The van der Waals surface area contributed by atoms with Gasteiger partial charge in [0.25, 0.3) is 0 Å². The van der Waals surface area contributed by atoms with Crippen molar-refractivity contribution in [2.24, 2.45) is 5.92 Å². The lowest BCUT2D eigenvalue weighted by atomic mass is 9.98. The number of ether oxygens (including phenoxy) is 2. The SMILES string of the molecule is CCCCN(C(=O)C(NC(=O)OC(C)(C)C)C(C)C)C(C(=O)NCC(=O)OC)c1ccccc1O. The summed E-state index contributed by atoms with van der Waals surface area (Å²) >= 11 is 0. The van der Waals surface area contributed by atoms with E-state index in [9.17, 15) is 24.3 Å². The number of carbonyl (C=O) groups excluding carboxylic acids is 4. The Labute approximate surface area is 207 Å². The van der Waals surface area contributed by atoms with Crippen molar-refractivity contribution in [3.05, 3.63) is 29.8 Å². The van der Waals surface area contributed by atoms with Crippen LogP contribution in [0.4, 0.5) is 4.79 Å². The third-order valence-corrected chi connectivity index (χ3v) is 5.07. The highest BCUT2D eigenvalue weighted by molar-refractivity contribution is 5.93. The lowest BCUT2D eigenvalue weighted by Crippen LogP contribution is -2.55. The van der Waals surface area contributed by atoms with E-state index in [1.54, 1.807) is 46.8 Å². The van der Waals surface area contributed by atoms with Crippen LogP contribution in [0.15, 0.2) is 24.3 Å². The van der Waals surface area contributed by atoms with Gasteiger partial charge in [-0.1, -0.05) is 45.4 Å². The van der Waals surface area contributed by atoms with Crippen LogP contribution in [0.3, 0.4) is 0 Å². The van der Waals surface area contributed by atoms with E-state index in [0.717, 1.165) is 6.42 Å². The number of phenolic OH excluding ortho intramolecular Hbond substituents is 1. The minimum absolute atomic E-state index is 0.179. The molecule has 0 saturated heterocycles. The molecule has 0 heterocycles. The highest BCUT2D eigenvalue weighted by atomic mass is 16.6. The smallest absolute Gasteiger partial charge is 0.408 e. The van der Waals surface area contributed by atoms with E-state index in [-0.39, 0.29) is 23.8 Å². The molecule has 0 aliphatic carbocycles. The number of hydrogen-bond donors (Lipinski definition) is 3. The summed E-state index contributed by atoms with van der Waals surface area (Å²) in [5, 5.41) is 15.6. The number of nitrogens with zero attached hydrogens (tertiary/aromatic N) is 1. The van der Waals surface area contributed by atoms with Crippen LogP contribution >= 0.6 is 0 Å². The molecular weight excluding hydrogens is 454 g/mol. The standard InChI is InChI=1S/C25H39N3O7/c1-8-9-14-28(23(32)20(16(2)3)27-24(33)35-25(4,5)6)21(17-12-10-11-13-18(17)29)22(31)26-15-19(30)34-7/h10-13,16,20-21,29H,8-9,14-15H2,1-7H3,(H,26,31)(H,27,33). The Morgan fingerprint density at radius 2 is 1.74 bits per heavy atom. The van der Waals surface area contributed by atoms with Crippen molar-refractivity contribution in [2.45, 2.75) is 72.1 Å². The van der Waals surface area contributed by atoms with Gasteiger partial charge in [0.1, 0.15) is 30.0 Å². The second-order valence-corrected chi connectivity index (χ2v) is 9.51. The number of aromatic hydroxyl groups is 1. The number of unbranched alkanes of at least 4 members (excludes halogenated alkanes) is 1. The number of nitrogens with one attached hydrogen (secondary N) is 2. The summed E-state index contributed by atoms with van der Waals surface area (Å²) < 4.78 is 9.92. The zero-order valence-corrected chi connectivity index (χ0v) is 21.7. The summed E-state index contributed by atoms with van der Waals surface area (Å²) in [5.74, 6) is -2.35. The molecule has 1 aromatic rings. The summed E-state index contributed by atoms with van der Waals surface area (Å²) in [6, 6.07) is 3.94. The van der Waals surface area contributed by atoms with E-state index < -0.39 is 48.1 Å². The lowest BCUT2D eigenvalue weighted by molar-refractivity contribution is -0.145. The van der Waals surface area contributed by atoms with Gasteiger partial charge < -0.3 is 30.1 Å². The van der Waals surface area contributed by atoms with E-state index >= 15 is 0 Å². The Morgan fingerprint density at radius 1 is 1.11 bits per heavy atom. The van der Waals surface area contributed by atoms with Crippen LogP contribution in [0.25, 0.3) is 0 Å². The van der Waals surface area contributed by atoms with Gasteiger partial charge in [-0.15, -0.1) is 0 Å². The van der Waals surface area contributed by atoms with Crippen LogP contribution in [0.1, 0.15) is 66.0 Å². The van der Waals surface area contributed by atoms with Crippen molar-refractivity contribution in [3.63, 3.8) is 0 Å². The Hall–Kier alpha value is -3.30. The molecule has 10 nitrogen and oxygen atoms in total. The minimum atomic E-state index is -1.25. The molecule has 0 aliphatic heterocycles. The number of hydrogen-bond acceptors (Lipinski definition) is 7. The molecule has 10 heteroatoms. The summed E-state index contributed by atoms with van der Waals surface area (Å²) in [4.78, 5) is 52.5. The Kier molecular flexibility index (Phi) is 11.5. The van der Waals surface area contributed by atoms with Gasteiger partial charge in [-0.2, -0.15) is 0 Å². The van der Waals surface area contributed by atoms with Crippen LogP contribution in [-0.2, 0) is 23.9 Å². The first kappa shape index (κ1) is 29.7. The summed E-state index contributed by atoms with van der Waals surface area (Å²) in [6.07, 6.45) is 0.541. The Balaban J connectivity index is 3.44. The van der Waals surface area contributed by atoms with E-state index in [4.69, 9.17) is 4.74 Å². The largest absolute Gasteiger partial charge is 0.508 e. The van der Waals surface area contributed by atoms with Gasteiger partial charge in [-0.25, -0.2) is 4.79 Å². The fourth-order valence-corrected chi connectivity index (χ4v) is 3.32. The fourth-order valence-electron chi connectivity index (χ4n) is 3.32. The third-order valence-electron chi connectivity index (χ3n) is 5.07. The Morgan fingerprint density at radius 3 is 2.26 bits per heavy atom. The zero-order valence-electron chi connectivity index (χ0n) is 21.7. The third kappa shape index (κ3) is 9.46. The summed E-state index contributed by atoms with van der Waals surface area (Å²) in [5.41, 5.74) is -0.568. The van der Waals surface area contributed by atoms with Crippen LogP contribution in [0, 0.1) is 5.92 Å². The van der Waals surface area contributed by atoms with Crippen molar-refractivity contribution in [3.8, 4) is 5.75 Å². The normalized spacial score (nSPS) is 12.9. The van der Waals surface area contributed by atoms with Crippen LogP contribution < -0.4 is 10.6 Å². The molecule has 2 unspecified atom stereocenters. The first-order chi connectivity index (χ1) is 16.3. The second-order valence-electron chi connectivity index (χ2n) is 9.51. The van der Waals surface area contributed by atoms with Gasteiger partial charge in [-0.05, 0) is 39.2 Å². The first-order valence-electron chi connectivity index (χ1n) is 11.7. The number of methoxy groups -OCH3 is 1. The molecule has 2 atom stereocenters. The number of para-hydroxylation sites is 1. The van der Waals surface area contributed by atoms with Gasteiger partial charge in [0.05, 0.1) is 7.11 Å². The predicted molar refractivity (Wildman–Crippen MR) is 130 cm³/mol. The van der Waals surface area contributed by atoms with Crippen LogP contribution in [-0.4, -0.2) is 65.7 Å². The molecule has 0 saturated carbocycles. The molecule has 0 bridgehead atoms. The number of carbonyl (C=O) groups is 4. The quantitative estimate of drug-likeness (QED) is 0.404. The number of phenols is 1. The summed E-state index contributed by atoms with van der Waals surface area (Å²) in [6.45, 7) is 10.4. The maximum atomic E-state index is 13.8. The first-order valence-corrected chi connectivity index (χ1v) is 11.7. The van der Waals surface area contributed by atoms with Crippen LogP contribution in [0.5, 0.6) is 5.75 Å². The van der Waals surface area contributed by atoms with Gasteiger partial charge in [-0.3, -0.25) is 14.4 Å². The molecule has 0 aliphatic rings. The van der Waals surface area contributed by atoms with Crippen molar-refractivity contribution < 1.29 is 33.8 Å². The molecular formula is C25H39N3O7. The molecule has 3 amide bonds. The van der Waals surface area contributed by atoms with Gasteiger partial charge in [0.2, 0.25) is 11.8 Å². The zero-order chi connectivity index (χ0) is 26.8. The molecule has 1 aromatic carbocycles. The van der Waals surface area contributed by atoms with Gasteiger partial charge >= 0.3 is 12.1 Å². The molecule has 0 aromatic heterocycles.